The summed E-state index contributed by atoms with van der Waals surface area (Å²) in [6, 6.07) is 0. The topological polar surface area (TPSA) is 60.7 Å². The first-order chi connectivity index (χ1) is 10.5. The molecule has 3 aliphatic rings. The predicted molar refractivity (Wildman–Crippen MR) is 91.8 cm³/mol. The summed E-state index contributed by atoms with van der Waals surface area (Å²) >= 11 is 0. The van der Waals surface area contributed by atoms with Crippen LogP contribution >= 0.6 is 0 Å². The smallest absolute Gasteiger partial charge is 0.0963 e. The lowest BCUT2D eigenvalue weighted by atomic mass is 9.42. The Bertz CT molecular complexity index is 551. The van der Waals surface area contributed by atoms with E-state index < -0.39 is 23.2 Å². The van der Waals surface area contributed by atoms with E-state index in [1.54, 1.807) is 0 Å². The number of rotatable bonds is 1. The van der Waals surface area contributed by atoms with E-state index >= 15 is 0 Å². The number of hydrogen-bond acceptors (Lipinski definition) is 3. The number of aliphatic hydroxyl groups is 3. The number of hydrogen-bond donors (Lipinski definition) is 3. The molecule has 0 amide bonds. The van der Waals surface area contributed by atoms with Gasteiger partial charge in [0.1, 0.15) is 0 Å². The van der Waals surface area contributed by atoms with Crippen LogP contribution in [0.5, 0.6) is 0 Å². The molecule has 2 saturated carbocycles. The number of allylic oxidation sites excluding steroid dienone is 2. The Morgan fingerprint density at radius 1 is 1.13 bits per heavy atom. The van der Waals surface area contributed by atoms with Crippen molar-refractivity contribution in [2.45, 2.75) is 77.6 Å². The zero-order chi connectivity index (χ0) is 17.3. The third-order valence-corrected chi connectivity index (χ3v) is 7.59. The largest absolute Gasteiger partial charge is 0.392 e. The van der Waals surface area contributed by atoms with Gasteiger partial charge in [-0.3, -0.25) is 0 Å². The highest BCUT2D eigenvalue weighted by molar-refractivity contribution is 5.37. The molecule has 0 heterocycles. The number of aliphatic hydroxyl groups excluding tert-OH is 2. The maximum atomic E-state index is 11.7. The van der Waals surface area contributed by atoms with Gasteiger partial charge in [0.25, 0.3) is 0 Å². The van der Waals surface area contributed by atoms with Gasteiger partial charge in [0.15, 0.2) is 0 Å². The Morgan fingerprint density at radius 2 is 1.78 bits per heavy atom. The molecule has 0 aromatic heterocycles. The van der Waals surface area contributed by atoms with E-state index in [-0.39, 0.29) is 16.7 Å². The molecule has 3 heteroatoms. The van der Waals surface area contributed by atoms with Gasteiger partial charge >= 0.3 is 0 Å². The van der Waals surface area contributed by atoms with Crippen LogP contribution in [0.25, 0.3) is 0 Å². The minimum Gasteiger partial charge on any atom is -0.392 e. The van der Waals surface area contributed by atoms with Crippen molar-refractivity contribution in [2.24, 2.45) is 22.2 Å². The first-order valence-electron chi connectivity index (χ1n) is 8.95. The van der Waals surface area contributed by atoms with E-state index in [0.29, 0.717) is 24.8 Å². The lowest BCUT2D eigenvalue weighted by Gasteiger charge is -2.65. The minimum absolute atomic E-state index is 0.00933. The maximum absolute atomic E-state index is 11.7. The fourth-order valence-electron chi connectivity index (χ4n) is 5.76. The SMILES string of the molecule is C=C[C@]1(C)C=C2[C@H](O)C[C@H]3C(C)(C)CC[C@H](O)[C@]3(C)[C@@]2(O)CC1. The molecule has 0 aromatic carbocycles. The average Bonchev–Trinajstić information content (AvgIpc) is 2.49. The normalized spacial score (nSPS) is 52.1. The fraction of sp³-hybridized carbons (Fsp3) is 0.800. The zero-order valence-corrected chi connectivity index (χ0v) is 15.0. The van der Waals surface area contributed by atoms with Crippen molar-refractivity contribution in [1.29, 1.82) is 0 Å². The molecule has 0 spiro atoms. The van der Waals surface area contributed by atoms with Crippen LogP contribution in [-0.4, -0.2) is 33.1 Å². The molecule has 3 N–H and O–H groups in total. The Balaban J connectivity index is 2.16. The Kier molecular flexibility index (Phi) is 3.69. The van der Waals surface area contributed by atoms with E-state index in [2.05, 4.69) is 27.4 Å². The summed E-state index contributed by atoms with van der Waals surface area (Å²) in [4.78, 5) is 0. The van der Waals surface area contributed by atoms with Gasteiger partial charge in [-0.15, -0.1) is 6.58 Å². The monoisotopic (exact) mass is 320 g/mol. The second kappa shape index (κ2) is 4.93. The van der Waals surface area contributed by atoms with E-state index in [4.69, 9.17) is 0 Å². The van der Waals surface area contributed by atoms with Crippen molar-refractivity contribution >= 4 is 0 Å². The third kappa shape index (κ3) is 2.13. The van der Waals surface area contributed by atoms with E-state index in [9.17, 15) is 15.3 Å². The zero-order valence-electron chi connectivity index (χ0n) is 15.0. The molecule has 130 valence electrons. The lowest BCUT2D eigenvalue weighted by molar-refractivity contribution is -0.227. The molecule has 3 aliphatic carbocycles. The predicted octanol–water partition coefficient (Wildman–Crippen LogP) is 3.20. The summed E-state index contributed by atoms with van der Waals surface area (Å²) in [6.45, 7) is 12.5. The summed E-state index contributed by atoms with van der Waals surface area (Å²) in [7, 11) is 0. The van der Waals surface area contributed by atoms with Crippen LogP contribution in [0.4, 0.5) is 0 Å². The molecule has 0 aromatic rings. The van der Waals surface area contributed by atoms with Gasteiger partial charge in [0.05, 0.1) is 17.8 Å². The van der Waals surface area contributed by atoms with Gasteiger partial charge in [0.2, 0.25) is 0 Å². The lowest BCUT2D eigenvalue weighted by Crippen LogP contribution is -2.68. The van der Waals surface area contributed by atoms with Crippen molar-refractivity contribution in [2.75, 3.05) is 0 Å². The standard InChI is InChI=1S/C20H32O3/c1-6-18(4)9-10-20(23)13(12-18)14(21)11-15-17(2,3)8-7-16(22)19(15,20)5/h6,12,14-16,21-23H,1,7-11H2,2-5H3/t14-,15+,16+,18+,19-,20-/m1/s1. The van der Waals surface area contributed by atoms with Gasteiger partial charge in [-0.05, 0) is 49.0 Å². The third-order valence-electron chi connectivity index (χ3n) is 7.59. The van der Waals surface area contributed by atoms with Gasteiger partial charge in [0, 0.05) is 10.8 Å². The molecule has 23 heavy (non-hydrogen) atoms. The molecule has 0 saturated heterocycles. The summed E-state index contributed by atoms with van der Waals surface area (Å²) in [5, 5.41) is 33.4. The molecule has 0 bridgehead atoms. The van der Waals surface area contributed by atoms with Crippen LogP contribution in [0.1, 0.15) is 59.8 Å². The van der Waals surface area contributed by atoms with Crippen molar-refractivity contribution in [3.8, 4) is 0 Å². The fourth-order valence-corrected chi connectivity index (χ4v) is 5.76. The van der Waals surface area contributed by atoms with Crippen LogP contribution in [0.2, 0.25) is 0 Å². The average molecular weight is 320 g/mol. The van der Waals surface area contributed by atoms with Crippen LogP contribution < -0.4 is 0 Å². The highest BCUT2D eigenvalue weighted by Gasteiger charge is 2.67. The molecule has 0 unspecified atom stereocenters. The molecule has 3 rings (SSSR count). The molecular formula is C20H32O3. The van der Waals surface area contributed by atoms with Crippen molar-refractivity contribution in [3.63, 3.8) is 0 Å². The van der Waals surface area contributed by atoms with Crippen molar-refractivity contribution in [1.82, 2.24) is 0 Å². The first kappa shape index (κ1) is 17.2. The highest BCUT2D eigenvalue weighted by Crippen LogP contribution is 2.65. The second-order valence-electron chi connectivity index (χ2n) is 9.30. The summed E-state index contributed by atoms with van der Waals surface area (Å²) < 4.78 is 0. The Morgan fingerprint density at radius 3 is 2.39 bits per heavy atom. The Hall–Kier alpha value is -0.640. The van der Waals surface area contributed by atoms with E-state index in [1.165, 1.54) is 0 Å². The van der Waals surface area contributed by atoms with Crippen molar-refractivity contribution < 1.29 is 15.3 Å². The molecule has 0 radical (unpaired) electrons. The van der Waals surface area contributed by atoms with Gasteiger partial charge < -0.3 is 15.3 Å². The van der Waals surface area contributed by atoms with E-state index in [0.717, 1.165) is 12.8 Å². The van der Waals surface area contributed by atoms with Gasteiger partial charge in [-0.25, -0.2) is 0 Å². The van der Waals surface area contributed by atoms with Gasteiger partial charge in [-0.2, -0.15) is 0 Å². The first-order valence-corrected chi connectivity index (χ1v) is 8.95. The Labute approximate surface area is 140 Å². The molecule has 3 nitrogen and oxygen atoms in total. The molecule has 2 fully saturated rings. The quantitative estimate of drug-likeness (QED) is 0.650. The summed E-state index contributed by atoms with van der Waals surface area (Å²) in [5.41, 5.74) is -1.21. The van der Waals surface area contributed by atoms with Gasteiger partial charge in [-0.1, -0.05) is 39.8 Å². The van der Waals surface area contributed by atoms with Crippen molar-refractivity contribution in [3.05, 3.63) is 24.3 Å². The minimum atomic E-state index is -1.13. The van der Waals surface area contributed by atoms with E-state index in [1.807, 2.05) is 19.1 Å². The van der Waals surface area contributed by atoms with Crippen LogP contribution in [-0.2, 0) is 0 Å². The van der Waals surface area contributed by atoms with Crippen LogP contribution in [0.3, 0.4) is 0 Å². The number of fused-ring (bicyclic) bond motifs is 3. The summed E-state index contributed by atoms with van der Waals surface area (Å²) in [6.07, 6.45) is 6.37. The second-order valence-corrected chi connectivity index (χ2v) is 9.30. The molecule has 6 atom stereocenters. The maximum Gasteiger partial charge on any atom is 0.0963 e. The summed E-state index contributed by atoms with van der Waals surface area (Å²) in [5.74, 6) is 0.101. The van der Waals surface area contributed by atoms with Crippen LogP contribution in [0.15, 0.2) is 24.3 Å². The molecular weight excluding hydrogens is 288 g/mol. The highest BCUT2D eigenvalue weighted by atomic mass is 16.3. The van der Waals surface area contributed by atoms with Crippen LogP contribution in [0, 0.1) is 22.2 Å². The molecule has 0 aliphatic heterocycles.